The molecule has 0 saturated heterocycles. The summed E-state index contributed by atoms with van der Waals surface area (Å²) in [5.74, 6) is 0. The fourth-order valence-corrected chi connectivity index (χ4v) is 0.651. The minimum absolute atomic E-state index is 0.0421. The third-order valence-electron chi connectivity index (χ3n) is 1.18. The molecule has 1 aromatic heterocycles. The van der Waals surface area contributed by atoms with E-state index in [-0.39, 0.29) is 12.1 Å². The van der Waals surface area contributed by atoms with Gasteiger partial charge < -0.3 is 4.42 Å². The van der Waals surface area contributed by atoms with E-state index in [4.69, 9.17) is 9.68 Å². The molecule has 0 N–H and O–H groups in total. The Balaban J connectivity index is 2.82. The Morgan fingerprint density at radius 3 is 2.82 bits per heavy atom. The van der Waals surface area contributed by atoms with Crippen molar-refractivity contribution in [3.05, 3.63) is 6.39 Å². The van der Waals surface area contributed by atoms with E-state index in [1.54, 1.807) is 0 Å². The molecule has 1 rings (SSSR count). The molecule has 0 bridgehead atoms. The van der Waals surface area contributed by atoms with Gasteiger partial charge in [-0.05, 0) is 13.8 Å². The normalized spacial score (nSPS) is 9.64. The zero-order chi connectivity index (χ0) is 8.27. The molecule has 1 heterocycles. The summed E-state index contributed by atoms with van der Waals surface area (Å²) in [7, 11) is 0. The highest BCUT2D eigenvalue weighted by Gasteiger charge is 2.13. The van der Waals surface area contributed by atoms with Crippen LogP contribution in [0.15, 0.2) is 10.8 Å². The van der Waals surface area contributed by atoms with Gasteiger partial charge in [-0.3, -0.25) is 0 Å². The number of nitrogens with zero attached hydrogens (tertiary/aromatic N) is 4. The monoisotopic (exact) mass is 152 g/mol. The van der Waals surface area contributed by atoms with E-state index in [0.29, 0.717) is 0 Å². The van der Waals surface area contributed by atoms with Crippen LogP contribution in [-0.2, 0) is 0 Å². The molecule has 0 aromatic carbocycles. The predicted octanol–water partition coefficient (Wildman–Crippen LogP) is 0.765. The van der Waals surface area contributed by atoms with Crippen LogP contribution in [0.4, 0.5) is 6.01 Å². The van der Waals surface area contributed by atoms with Crippen molar-refractivity contribution in [3.63, 3.8) is 0 Å². The molecule has 0 aliphatic heterocycles. The summed E-state index contributed by atoms with van der Waals surface area (Å²) < 4.78 is 4.83. The number of hydrogen-bond donors (Lipinski definition) is 0. The first-order valence-corrected chi connectivity index (χ1v) is 3.21. The maximum atomic E-state index is 8.62. The topological polar surface area (TPSA) is 66.0 Å². The zero-order valence-electron chi connectivity index (χ0n) is 6.35. The quantitative estimate of drug-likeness (QED) is 0.462. The molecule has 0 radical (unpaired) electrons. The smallest absolute Gasteiger partial charge is 0.331 e. The minimum Gasteiger partial charge on any atom is -0.410 e. The average Bonchev–Trinajstić information content (AvgIpc) is 2.40. The van der Waals surface area contributed by atoms with Crippen molar-refractivity contribution in [3.8, 4) is 6.19 Å². The van der Waals surface area contributed by atoms with Crippen molar-refractivity contribution >= 4 is 6.01 Å². The van der Waals surface area contributed by atoms with Gasteiger partial charge in [0.05, 0.1) is 0 Å². The van der Waals surface area contributed by atoms with Crippen molar-refractivity contribution in [2.75, 3.05) is 4.90 Å². The van der Waals surface area contributed by atoms with Crippen LogP contribution in [0.3, 0.4) is 0 Å². The van der Waals surface area contributed by atoms with Gasteiger partial charge in [0.15, 0.2) is 6.19 Å². The highest BCUT2D eigenvalue weighted by Crippen LogP contribution is 2.10. The molecule has 0 fully saturated rings. The summed E-state index contributed by atoms with van der Waals surface area (Å²) in [5, 5.41) is 15.7. The summed E-state index contributed by atoms with van der Waals surface area (Å²) in [4.78, 5) is 1.34. The lowest BCUT2D eigenvalue weighted by molar-refractivity contribution is 0.536. The standard InChI is InChI=1S/C6H8N4O/c1-5(2)10(3-7)6-9-8-4-11-6/h4-5H,1-2H3. The third kappa shape index (κ3) is 1.46. The van der Waals surface area contributed by atoms with Crippen molar-refractivity contribution < 1.29 is 4.42 Å². The number of aromatic nitrogens is 2. The fourth-order valence-electron chi connectivity index (χ4n) is 0.651. The highest BCUT2D eigenvalue weighted by atomic mass is 16.4. The van der Waals surface area contributed by atoms with E-state index < -0.39 is 0 Å². The second-order valence-corrected chi connectivity index (χ2v) is 2.29. The molecular weight excluding hydrogens is 144 g/mol. The van der Waals surface area contributed by atoms with Gasteiger partial charge in [0, 0.05) is 6.04 Å². The summed E-state index contributed by atoms with van der Waals surface area (Å²) in [6.07, 6.45) is 3.14. The molecule has 11 heavy (non-hydrogen) atoms. The molecule has 5 nitrogen and oxygen atoms in total. The van der Waals surface area contributed by atoms with E-state index in [1.165, 1.54) is 11.3 Å². The van der Waals surface area contributed by atoms with E-state index in [1.807, 2.05) is 20.0 Å². The minimum atomic E-state index is 0.0421. The Morgan fingerprint density at radius 1 is 1.73 bits per heavy atom. The van der Waals surface area contributed by atoms with Crippen LogP contribution in [0.25, 0.3) is 0 Å². The summed E-state index contributed by atoms with van der Waals surface area (Å²) in [6.45, 7) is 3.74. The molecular formula is C6H8N4O. The second kappa shape index (κ2) is 3.01. The van der Waals surface area contributed by atoms with Crippen LogP contribution in [0.2, 0.25) is 0 Å². The Kier molecular flexibility index (Phi) is 2.06. The van der Waals surface area contributed by atoms with Gasteiger partial charge in [-0.15, -0.1) is 5.10 Å². The first-order chi connectivity index (χ1) is 5.25. The number of anilines is 1. The maximum Gasteiger partial charge on any atom is 0.331 e. The van der Waals surface area contributed by atoms with Crippen molar-refractivity contribution in [1.82, 2.24) is 10.2 Å². The summed E-state index contributed by atoms with van der Waals surface area (Å²) in [6, 6.07) is 0.281. The molecule has 0 aliphatic carbocycles. The van der Waals surface area contributed by atoms with Gasteiger partial charge in [-0.1, -0.05) is 5.10 Å². The summed E-state index contributed by atoms with van der Waals surface area (Å²) in [5.41, 5.74) is 0. The molecule has 5 heteroatoms. The lowest BCUT2D eigenvalue weighted by Crippen LogP contribution is -2.25. The highest BCUT2D eigenvalue weighted by molar-refractivity contribution is 5.32. The van der Waals surface area contributed by atoms with Gasteiger partial charge in [0.1, 0.15) is 0 Å². The van der Waals surface area contributed by atoms with Crippen LogP contribution < -0.4 is 4.90 Å². The lowest BCUT2D eigenvalue weighted by atomic mass is 10.4. The van der Waals surface area contributed by atoms with Crippen LogP contribution in [0, 0.1) is 11.5 Å². The number of rotatable bonds is 2. The van der Waals surface area contributed by atoms with Gasteiger partial charge in [0.25, 0.3) is 0 Å². The first-order valence-electron chi connectivity index (χ1n) is 3.21. The molecule has 1 aromatic rings. The van der Waals surface area contributed by atoms with Crippen molar-refractivity contribution in [1.29, 1.82) is 5.26 Å². The number of hydrogen-bond acceptors (Lipinski definition) is 5. The lowest BCUT2D eigenvalue weighted by Gasteiger charge is -2.13. The third-order valence-corrected chi connectivity index (χ3v) is 1.18. The first kappa shape index (κ1) is 7.54. The van der Waals surface area contributed by atoms with Gasteiger partial charge in [-0.2, -0.15) is 5.26 Å². The van der Waals surface area contributed by atoms with Crippen LogP contribution in [-0.4, -0.2) is 16.2 Å². The Hall–Kier alpha value is -1.57. The van der Waals surface area contributed by atoms with Crippen LogP contribution in [0.1, 0.15) is 13.8 Å². The van der Waals surface area contributed by atoms with Crippen LogP contribution >= 0.6 is 0 Å². The average molecular weight is 152 g/mol. The van der Waals surface area contributed by atoms with E-state index >= 15 is 0 Å². The fraction of sp³-hybridized carbons (Fsp3) is 0.500. The van der Waals surface area contributed by atoms with Gasteiger partial charge in [0.2, 0.25) is 6.39 Å². The molecule has 0 aliphatic rings. The predicted molar refractivity (Wildman–Crippen MR) is 37.5 cm³/mol. The second-order valence-electron chi connectivity index (χ2n) is 2.29. The van der Waals surface area contributed by atoms with E-state index in [2.05, 4.69) is 10.2 Å². The van der Waals surface area contributed by atoms with E-state index in [0.717, 1.165) is 0 Å². The summed E-state index contributed by atoms with van der Waals surface area (Å²) >= 11 is 0. The Morgan fingerprint density at radius 2 is 2.45 bits per heavy atom. The Bertz CT molecular complexity index is 248. The number of nitriles is 1. The molecule has 0 amide bonds. The molecule has 0 saturated carbocycles. The SMILES string of the molecule is CC(C)N(C#N)c1nnco1. The van der Waals surface area contributed by atoms with Gasteiger partial charge in [-0.25, -0.2) is 4.90 Å². The van der Waals surface area contributed by atoms with Crippen LogP contribution in [0.5, 0.6) is 0 Å². The van der Waals surface area contributed by atoms with Gasteiger partial charge >= 0.3 is 6.01 Å². The van der Waals surface area contributed by atoms with Crippen molar-refractivity contribution in [2.45, 2.75) is 19.9 Å². The van der Waals surface area contributed by atoms with Crippen molar-refractivity contribution in [2.24, 2.45) is 0 Å². The maximum absolute atomic E-state index is 8.62. The molecule has 0 unspecified atom stereocenters. The zero-order valence-corrected chi connectivity index (χ0v) is 6.35. The largest absolute Gasteiger partial charge is 0.410 e. The Labute approximate surface area is 64.2 Å². The molecule has 0 spiro atoms. The molecule has 58 valence electrons. The molecule has 0 atom stereocenters. The van der Waals surface area contributed by atoms with E-state index in [9.17, 15) is 0 Å².